The number of nitrogens with zero attached hydrogens (tertiary/aromatic N) is 4. The molecule has 0 aliphatic heterocycles. The van der Waals surface area contributed by atoms with Crippen molar-refractivity contribution in [1.82, 2.24) is 19.7 Å². The van der Waals surface area contributed by atoms with Crippen LogP contribution in [0.15, 0.2) is 39.9 Å². The molecule has 10 heteroatoms. The van der Waals surface area contributed by atoms with Gasteiger partial charge in [-0.15, -0.1) is 5.10 Å². The van der Waals surface area contributed by atoms with Crippen molar-refractivity contribution in [2.75, 3.05) is 11.9 Å². The smallest absolute Gasteiger partial charge is 0.275 e. The Kier molecular flexibility index (Phi) is 5.98. The molecule has 0 aliphatic rings. The molecule has 0 unspecified atom stereocenters. The third kappa shape index (κ3) is 4.69. The zero-order chi connectivity index (χ0) is 20.3. The summed E-state index contributed by atoms with van der Waals surface area (Å²) >= 11 is 3.38. The summed E-state index contributed by atoms with van der Waals surface area (Å²) in [4.78, 5) is 32.3. The van der Waals surface area contributed by atoms with Crippen molar-refractivity contribution >= 4 is 38.6 Å². The lowest BCUT2D eigenvalue weighted by Crippen LogP contribution is -2.30. The van der Waals surface area contributed by atoms with Crippen molar-refractivity contribution in [3.8, 4) is 5.88 Å². The highest BCUT2D eigenvalue weighted by molar-refractivity contribution is 9.10. The summed E-state index contributed by atoms with van der Waals surface area (Å²) in [5.74, 6) is -0.754. The van der Waals surface area contributed by atoms with Crippen molar-refractivity contribution in [3.05, 3.63) is 51.2 Å². The molecule has 3 rings (SSSR count). The maximum Gasteiger partial charge on any atom is 0.275 e. The molecule has 1 amide bonds. The van der Waals surface area contributed by atoms with Gasteiger partial charge < -0.3 is 4.74 Å². The third-order valence-electron chi connectivity index (χ3n) is 3.61. The van der Waals surface area contributed by atoms with Crippen LogP contribution in [0.4, 0.5) is 10.3 Å². The number of ether oxygens (including phenoxy) is 1. The fourth-order valence-electron chi connectivity index (χ4n) is 2.36. The predicted octanol–water partition coefficient (Wildman–Crippen LogP) is 2.76. The lowest BCUT2D eigenvalue weighted by molar-refractivity contribution is -0.117. The first-order chi connectivity index (χ1) is 13.3. The number of anilines is 1. The summed E-state index contributed by atoms with van der Waals surface area (Å²) in [6, 6.07) is 5.12. The molecule has 8 nitrogen and oxygen atoms in total. The molecular formula is C18H17BrFN5O3. The van der Waals surface area contributed by atoms with Gasteiger partial charge in [0.2, 0.25) is 17.7 Å². The molecule has 1 aromatic carbocycles. The largest absolute Gasteiger partial charge is 0.476 e. The molecule has 0 saturated heterocycles. The fraction of sp³-hybridized carbons (Fsp3) is 0.278. The number of fused-ring (bicyclic) bond motifs is 1. The van der Waals surface area contributed by atoms with Crippen molar-refractivity contribution < 1.29 is 13.9 Å². The van der Waals surface area contributed by atoms with Crippen LogP contribution in [0.1, 0.15) is 13.8 Å². The minimum absolute atomic E-state index is 0.0690. The van der Waals surface area contributed by atoms with Crippen LogP contribution in [0.5, 0.6) is 5.88 Å². The zero-order valence-corrected chi connectivity index (χ0v) is 16.7. The normalized spacial score (nSPS) is 11.0. The second kappa shape index (κ2) is 8.42. The first-order valence-corrected chi connectivity index (χ1v) is 9.23. The summed E-state index contributed by atoms with van der Waals surface area (Å²) in [6.07, 6.45) is 1.86. The van der Waals surface area contributed by atoms with E-state index in [4.69, 9.17) is 4.74 Å². The molecule has 0 aliphatic carbocycles. The first-order valence-electron chi connectivity index (χ1n) is 8.44. The number of rotatable bonds is 6. The Bertz CT molecular complexity index is 1070. The van der Waals surface area contributed by atoms with Crippen molar-refractivity contribution in [1.29, 1.82) is 0 Å². The Balaban J connectivity index is 1.92. The highest BCUT2D eigenvalue weighted by atomic mass is 79.9. The fourth-order valence-corrected chi connectivity index (χ4v) is 2.73. The highest BCUT2D eigenvalue weighted by Gasteiger charge is 2.15. The second-order valence-electron chi connectivity index (χ2n) is 6.44. The number of carbonyl (C=O) groups is 1. The highest BCUT2D eigenvalue weighted by Crippen LogP contribution is 2.24. The number of halogens is 2. The monoisotopic (exact) mass is 449 g/mol. The third-order valence-corrected chi connectivity index (χ3v) is 4.10. The zero-order valence-electron chi connectivity index (χ0n) is 15.1. The minimum atomic E-state index is -0.622. The van der Waals surface area contributed by atoms with E-state index in [0.717, 1.165) is 21.5 Å². The van der Waals surface area contributed by atoms with Gasteiger partial charge in [0.1, 0.15) is 6.54 Å². The van der Waals surface area contributed by atoms with Crippen LogP contribution in [0, 0.1) is 11.7 Å². The molecule has 0 bridgehead atoms. The van der Waals surface area contributed by atoms with Crippen LogP contribution < -0.4 is 15.6 Å². The van der Waals surface area contributed by atoms with Crippen LogP contribution in [0.25, 0.3) is 10.8 Å². The lowest BCUT2D eigenvalue weighted by atomic mass is 10.2. The van der Waals surface area contributed by atoms with E-state index < -0.39 is 17.3 Å². The molecular weight excluding hydrogens is 433 g/mol. The summed E-state index contributed by atoms with van der Waals surface area (Å²) in [5.41, 5.74) is -0.436. The number of carbonyl (C=O) groups excluding carboxylic acids is 1. The van der Waals surface area contributed by atoms with E-state index in [1.807, 2.05) is 13.8 Å². The molecule has 0 saturated carbocycles. The van der Waals surface area contributed by atoms with Crippen molar-refractivity contribution in [3.63, 3.8) is 0 Å². The number of benzene rings is 1. The Hall–Kier alpha value is -2.88. The summed E-state index contributed by atoms with van der Waals surface area (Å²) in [6.45, 7) is 4.01. The van der Waals surface area contributed by atoms with E-state index in [1.54, 1.807) is 18.2 Å². The summed E-state index contributed by atoms with van der Waals surface area (Å²) < 4.78 is 20.4. The Labute approximate surface area is 167 Å². The molecule has 0 radical (unpaired) electrons. The van der Waals surface area contributed by atoms with Crippen LogP contribution in [-0.4, -0.2) is 32.3 Å². The maximum absolute atomic E-state index is 12.9. The van der Waals surface area contributed by atoms with Crippen LogP contribution in [0.3, 0.4) is 0 Å². The van der Waals surface area contributed by atoms with Gasteiger partial charge in [0.25, 0.3) is 5.56 Å². The van der Waals surface area contributed by atoms with E-state index in [1.165, 1.54) is 0 Å². The summed E-state index contributed by atoms with van der Waals surface area (Å²) in [7, 11) is 0. The molecule has 0 spiro atoms. The quantitative estimate of drug-likeness (QED) is 0.620. The Morgan fingerprint density at radius 3 is 2.68 bits per heavy atom. The van der Waals surface area contributed by atoms with Gasteiger partial charge in [-0.25, -0.2) is 19.0 Å². The van der Waals surface area contributed by atoms with E-state index in [-0.39, 0.29) is 24.3 Å². The maximum atomic E-state index is 12.9. The van der Waals surface area contributed by atoms with Gasteiger partial charge >= 0.3 is 0 Å². The molecule has 2 aromatic heterocycles. The first kappa shape index (κ1) is 19.9. The SMILES string of the molecule is CC(C)COc1nn(CC(=O)Nc2ncc(F)cn2)c(=O)c2ccc(Br)cc12. The van der Waals surface area contributed by atoms with Gasteiger partial charge in [-0.1, -0.05) is 29.8 Å². The van der Waals surface area contributed by atoms with E-state index in [2.05, 4.69) is 36.3 Å². The molecule has 1 N–H and O–H groups in total. The van der Waals surface area contributed by atoms with E-state index >= 15 is 0 Å². The minimum Gasteiger partial charge on any atom is -0.476 e. The van der Waals surface area contributed by atoms with E-state index in [0.29, 0.717) is 17.4 Å². The summed E-state index contributed by atoms with van der Waals surface area (Å²) in [5, 5.41) is 7.54. The lowest BCUT2D eigenvalue weighted by Gasteiger charge is -2.13. The van der Waals surface area contributed by atoms with Gasteiger partial charge in [-0.3, -0.25) is 14.9 Å². The number of hydrogen-bond acceptors (Lipinski definition) is 6. The second-order valence-corrected chi connectivity index (χ2v) is 7.35. The average molecular weight is 450 g/mol. The molecule has 2 heterocycles. The topological polar surface area (TPSA) is 99.0 Å². The van der Waals surface area contributed by atoms with Gasteiger partial charge in [0.15, 0.2) is 5.82 Å². The van der Waals surface area contributed by atoms with Gasteiger partial charge in [0.05, 0.1) is 29.8 Å². The molecule has 28 heavy (non-hydrogen) atoms. The number of amides is 1. The van der Waals surface area contributed by atoms with Gasteiger partial charge in [0, 0.05) is 4.47 Å². The Morgan fingerprint density at radius 2 is 2.00 bits per heavy atom. The van der Waals surface area contributed by atoms with Gasteiger partial charge in [-0.2, -0.15) is 0 Å². The van der Waals surface area contributed by atoms with Gasteiger partial charge in [-0.05, 0) is 24.1 Å². The van der Waals surface area contributed by atoms with Crippen LogP contribution in [-0.2, 0) is 11.3 Å². The molecule has 0 atom stereocenters. The van der Waals surface area contributed by atoms with Crippen molar-refractivity contribution in [2.45, 2.75) is 20.4 Å². The number of hydrogen-bond donors (Lipinski definition) is 1. The molecule has 146 valence electrons. The number of aromatic nitrogens is 4. The van der Waals surface area contributed by atoms with Crippen molar-refractivity contribution in [2.24, 2.45) is 5.92 Å². The standard InChI is InChI=1S/C18H17BrFN5O3/c1-10(2)9-28-16-14-5-11(19)3-4-13(14)17(27)25(24-16)8-15(26)23-18-21-6-12(20)7-22-18/h3-7,10H,8-9H2,1-2H3,(H,21,22,23,26). The average Bonchev–Trinajstić information content (AvgIpc) is 2.64. The molecule has 0 fully saturated rings. The van der Waals surface area contributed by atoms with Crippen LogP contribution in [0.2, 0.25) is 0 Å². The Morgan fingerprint density at radius 1 is 1.29 bits per heavy atom. The predicted molar refractivity (Wildman–Crippen MR) is 105 cm³/mol. The van der Waals surface area contributed by atoms with E-state index in [9.17, 15) is 14.0 Å². The molecule has 3 aromatic rings. The van der Waals surface area contributed by atoms with Crippen LogP contribution >= 0.6 is 15.9 Å². The number of nitrogens with one attached hydrogen (secondary N) is 1.